The third-order valence-corrected chi connectivity index (χ3v) is 2.26. The number of phenolic OH excluding ortho intramolecular Hbond substituents is 1. The molecule has 0 radical (unpaired) electrons. The molecule has 0 saturated carbocycles. The lowest BCUT2D eigenvalue weighted by molar-refractivity contribution is 0.259. The summed E-state index contributed by atoms with van der Waals surface area (Å²) in [6, 6.07) is 5.10. The SMILES string of the molecule is C=CCOc1c(O)cccc1OCCC(C)C. The predicted octanol–water partition coefficient (Wildman–Crippen LogP) is 3.38. The molecule has 3 heteroatoms. The minimum Gasteiger partial charge on any atom is -0.504 e. The molecule has 0 aliphatic heterocycles. The largest absolute Gasteiger partial charge is 0.504 e. The Kier molecular flexibility index (Phi) is 5.40. The van der Waals surface area contributed by atoms with Gasteiger partial charge in [-0.05, 0) is 24.5 Å². The van der Waals surface area contributed by atoms with E-state index in [-0.39, 0.29) is 5.75 Å². The molecule has 0 heterocycles. The van der Waals surface area contributed by atoms with Crippen LogP contribution in [0, 0.1) is 5.92 Å². The highest BCUT2D eigenvalue weighted by atomic mass is 16.5. The third kappa shape index (κ3) is 4.39. The zero-order valence-corrected chi connectivity index (χ0v) is 10.5. The second-order valence-corrected chi connectivity index (χ2v) is 4.24. The first kappa shape index (κ1) is 13.4. The molecule has 0 amide bonds. The molecule has 1 N–H and O–H groups in total. The minimum absolute atomic E-state index is 0.0916. The van der Waals surface area contributed by atoms with E-state index < -0.39 is 0 Å². The van der Waals surface area contributed by atoms with Crippen LogP contribution in [0.1, 0.15) is 20.3 Å². The van der Waals surface area contributed by atoms with Crippen molar-refractivity contribution in [2.24, 2.45) is 5.92 Å². The van der Waals surface area contributed by atoms with E-state index >= 15 is 0 Å². The Balaban J connectivity index is 2.68. The van der Waals surface area contributed by atoms with Gasteiger partial charge in [-0.1, -0.05) is 32.6 Å². The van der Waals surface area contributed by atoms with Crippen LogP contribution in [0.15, 0.2) is 30.9 Å². The van der Waals surface area contributed by atoms with Gasteiger partial charge < -0.3 is 14.6 Å². The Morgan fingerprint density at radius 2 is 2.12 bits per heavy atom. The fourth-order valence-corrected chi connectivity index (χ4v) is 1.31. The first-order chi connectivity index (χ1) is 8.15. The van der Waals surface area contributed by atoms with Gasteiger partial charge in [0.2, 0.25) is 5.75 Å². The van der Waals surface area contributed by atoms with Crippen LogP contribution >= 0.6 is 0 Å². The second kappa shape index (κ2) is 6.84. The highest BCUT2D eigenvalue weighted by Crippen LogP contribution is 2.36. The average molecular weight is 236 g/mol. The van der Waals surface area contributed by atoms with Crippen molar-refractivity contribution < 1.29 is 14.6 Å². The van der Waals surface area contributed by atoms with Crippen LogP contribution in [-0.4, -0.2) is 18.3 Å². The van der Waals surface area contributed by atoms with Crippen molar-refractivity contribution >= 4 is 0 Å². The summed E-state index contributed by atoms with van der Waals surface area (Å²) in [4.78, 5) is 0. The van der Waals surface area contributed by atoms with Gasteiger partial charge in [0.1, 0.15) is 6.61 Å². The monoisotopic (exact) mass is 236 g/mol. The van der Waals surface area contributed by atoms with Crippen LogP contribution in [0.5, 0.6) is 17.2 Å². The number of aromatic hydroxyl groups is 1. The molecule has 0 aromatic heterocycles. The molecule has 0 atom stereocenters. The van der Waals surface area contributed by atoms with Crippen LogP contribution in [0.4, 0.5) is 0 Å². The number of benzene rings is 1. The van der Waals surface area contributed by atoms with E-state index in [9.17, 15) is 5.11 Å². The number of hydrogen-bond acceptors (Lipinski definition) is 3. The summed E-state index contributed by atoms with van der Waals surface area (Å²) < 4.78 is 11.0. The summed E-state index contributed by atoms with van der Waals surface area (Å²) in [5, 5.41) is 9.69. The lowest BCUT2D eigenvalue weighted by Gasteiger charge is -2.13. The molecule has 0 aliphatic carbocycles. The quantitative estimate of drug-likeness (QED) is 0.737. The molecule has 0 bridgehead atoms. The van der Waals surface area contributed by atoms with E-state index in [2.05, 4.69) is 20.4 Å². The first-order valence-electron chi connectivity index (χ1n) is 5.83. The molecular weight excluding hydrogens is 216 g/mol. The highest BCUT2D eigenvalue weighted by Gasteiger charge is 2.10. The van der Waals surface area contributed by atoms with Gasteiger partial charge in [0, 0.05) is 0 Å². The lowest BCUT2D eigenvalue weighted by atomic mass is 10.1. The van der Waals surface area contributed by atoms with E-state index in [1.54, 1.807) is 24.3 Å². The molecule has 3 nitrogen and oxygen atoms in total. The second-order valence-electron chi connectivity index (χ2n) is 4.24. The van der Waals surface area contributed by atoms with Crippen molar-refractivity contribution in [3.63, 3.8) is 0 Å². The minimum atomic E-state index is 0.0916. The third-order valence-electron chi connectivity index (χ3n) is 2.26. The highest BCUT2D eigenvalue weighted by molar-refractivity contribution is 5.50. The molecule has 0 aliphatic rings. The molecular formula is C14H20O3. The van der Waals surface area contributed by atoms with Crippen molar-refractivity contribution in [3.8, 4) is 17.2 Å². The topological polar surface area (TPSA) is 38.7 Å². The summed E-state index contributed by atoms with van der Waals surface area (Å²) in [5.74, 6) is 1.64. The van der Waals surface area contributed by atoms with Gasteiger partial charge in [0.15, 0.2) is 11.5 Å². The van der Waals surface area contributed by atoms with E-state index in [1.165, 1.54) is 0 Å². The number of hydrogen-bond donors (Lipinski definition) is 1. The van der Waals surface area contributed by atoms with Gasteiger partial charge in [-0.2, -0.15) is 0 Å². The van der Waals surface area contributed by atoms with Crippen molar-refractivity contribution in [3.05, 3.63) is 30.9 Å². The van der Waals surface area contributed by atoms with E-state index in [1.807, 2.05) is 0 Å². The predicted molar refractivity (Wildman–Crippen MR) is 68.7 cm³/mol. The zero-order chi connectivity index (χ0) is 12.7. The van der Waals surface area contributed by atoms with Crippen LogP contribution in [0.2, 0.25) is 0 Å². The zero-order valence-electron chi connectivity index (χ0n) is 10.5. The number of phenols is 1. The Morgan fingerprint density at radius 1 is 1.35 bits per heavy atom. The van der Waals surface area contributed by atoms with Crippen molar-refractivity contribution in [1.29, 1.82) is 0 Å². The molecule has 1 aromatic carbocycles. The molecule has 17 heavy (non-hydrogen) atoms. The summed E-state index contributed by atoms with van der Waals surface area (Å²) >= 11 is 0. The maximum Gasteiger partial charge on any atom is 0.203 e. The van der Waals surface area contributed by atoms with Crippen LogP contribution in [0.3, 0.4) is 0 Å². The summed E-state index contributed by atoms with van der Waals surface area (Å²) in [5.41, 5.74) is 0. The van der Waals surface area contributed by atoms with Crippen molar-refractivity contribution in [1.82, 2.24) is 0 Å². The van der Waals surface area contributed by atoms with E-state index in [0.29, 0.717) is 30.6 Å². The Hall–Kier alpha value is -1.64. The summed E-state index contributed by atoms with van der Waals surface area (Å²) in [6.45, 7) is 8.81. The Labute approximate surface area is 103 Å². The maximum atomic E-state index is 9.69. The number of rotatable bonds is 7. The standard InChI is InChI=1S/C14H20O3/c1-4-9-17-14-12(15)6-5-7-13(14)16-10-8-11(2)3/h4-7,11,15H,1,8-10H2,2-3H3. The summed E-state index contributed by atoms with van der Waals surface area (Å²) in [6.07, 6.45) is 2.60. The summed E-state index contributed by atoms with van der Waals surface area (Å²) in [7, 11) is 0. The van der Waals surface area contributed by atoms with Crippen LogP contribution in [0.25, 0.3) is 0 Å². The van der Waals surface area contributed by atoms with Crippen LogP contribution < -0.4 is 9.47 Å². The fourth-order valence-electron chi connectivity index (χ4n) is 1.31. The average Bonchev–Trinajstić information content (AvgIpc) is 2.28. The molecule has 94 valence electrons. The van der Waals surface area contributed by atoms with Gasteiger partial charge in [-0.15, -0.1) is 0 Å². The van der Waals surface area contributed by atoms with Crippen LogP contribution in [-0.2, 0) is 0 Å². The fraction of sp³-hybridized carbons (Fsp3) is 0.429. The number of para-hydroxylation sites is 1. The molecule has 1 rings (SSSR count). The lowest BCUT2D eigenvalue weighted by Crippen LogP contribution is -2.03. The van der Waals surface area contributed by atoms with Gasteiger partial charge in [-0.3, -0.25) is 0 Å². The molecule has 1 aromatic rings. The van der Waals surface area contributed by atoms with Gasteiger partial charge >= 0.3 is 0 Å². The molecule has 0 unspecified atom stereocenters. The van der Waals surface area contributed by atoms with Crippen molar-refractivity contribution in [2.45, 2.75) is 20.3 Å². The van der Waals surface area contributed by atoms with Gasteiger partial charge in [0.25, 0.3) is 0 Å². The Morgan fingerprint density at radius 3 is 2.76 bits per heavy atom. The van der Waals surface area contributed by atoms with E-state index in [4.69, 9.17) is 9.47 Å². The molecule has 0 saturated heterocycles. The smallest absolute Gasteiger partial charge is 0.203 e. The van der Waals surface area contributed by atoms with Crippen molar-refractivity contribution in [2.75, 3.05) is 13.2 Å². The Bertz CT molecular complexity index is 358. The van der Waals surface area contributed by atoms with Gasteiger partial charge in [0.05, 0.1) is 6.61 Å². The molecule has 0 spiro atoms. The number of ether oxygens (including phenoxy) is 2. The normalized spacial score (nSPS) is 10.3. The molecule has 0 fully saturated rings. The van der Waals surface area contributed by atoms with Gasteiger partial charge in [-0.25, -0.2) is 0 Å². The maximum absolute atomic E-state index is 9.69. The van der Waals surface area contributed by atoms with E-state index in [0.717, 1.165) is 6.42 Å². The first-order valence-corrected chi connectivity index (χ1v) is 5.83.